The van der Waals surface area contributed by atoms with Gasteiger partial charge in [0.25, 0.3) is 0 Å². The average Bonchev–Trinajstić information content (AvgIpc) is 2.90. The minimum absolute atomic E-state index is 0.0937. The lowest BCUT2D eigenvalue weighted by Gasteiger charge is -2.62. The minimum atomic E-state index is -0.0937. The summed E-state index contributed by atoms with van der Waals surface area (Å²) in [6, 6.07) is 0. The van der Waals surface area contributed by atoms with E-state index in [1.165, 1.54) is 57.8 Å². The molecule has 0 radical (unpaired) electrons. The molecule has 4 saturated carbocycles. The van der Waals surface area contributed by atoms with Crippen LogP contribution in [-0.2, 0) is 4.79 Å². The summed E-state index contributed by atoms with van der Waals surface area (Å²) in [4.78, 5) is 10.7. The van der Waals surface area contributed by atoms with Crippen LogP contribution in [0, 0.1) is 40.4 Å². The van der Waals surface area contributed by atoms with Gasteiger partial charge in [-0.15, -0.1) is 0 Å². The molecule has 0 saturated heterocycles. The molecule has 0 bridgehead atoms. The number of carbonyl (C=O) groups excluding carboxylic acids is 1. The Hall–Kier alpha value is -0.370. The number of aliphatic hydroxyl groups is 1. The second kappa shape index (κ2) is 6.66. The highest BCUT2D eigenvalue weighted by molar-refractivity contribution is 5.48. The number of rotatable bonds is 4. The Bertz CT molecular complexity index is 502. The van der Waals surface area contributed by atoms with Crippen molar-refractivity contribution in [1.29, 1.82) is 0 Å². The van der Waals surface area contributed by atoms with Crippen LogP contribution in [0.25, 0.3) is 0 Å². The van der Waals surface area contributed by atoms with E-state index < -0.39 is 0 Å². The van der Waals surface area contributed by atoms with Gasteiger partial charge in [0.15, 0.2) is 0 Å². The smallest absolute Gasteiger partial charge is 0.119 e. The second-order valence-electron chi connectivity index (χ2n) is 10.5. The van der Waals surface area contributed by atoms with E-state index >= 15 is 0 Å². The number of hydrogen-bond donors (Lipinski definition) is 1. The van der Waals surface area contributed by atoms with Crippen LogP contribution in [0.2, 0.25) is 0 Å². The predicted octanol–water partition coefficient (Wildman–Crippen LogP) is 5.38. The fraction of sp³-hybridized carbons (Fsp3) is 0.957. The summed E-state index contributed by atoms with van der Waals surface area (Å²) in [5.74, 6) is 3.72. The van der Waals surface area contributed by atoms with Crippen LogP contribution in [-0.4, -0.2) is 17.5 Å². The zero-order valence-electron chi connectivity index (χ0n) is 16.4. The molecule has 25 heavy (non-hydrogen) atoms. The highest BCUT2D eigenvalue weighted by Gasteiger charge is 2.62. The lowest BCUT2D eigenvalue weighted by molar-refractivity contribution is -0.169. The largest absolute Gasteiger partial charge is 0.393 e. The van der Waals surface area contributed by atoms with Crippen molar-refractivity contribution < 1.29 is 9.90 Å². The molecule has 142 valence electrons. The van der Waals surface area contributed by atoms with Crippen LogP contribution < -0.4 is 0 Å². The first kappa shape index (κ1) is 18.0. The Morgan fingerprint density at radius 3 is 2.68 bits per heavy atom. The molecule has 2 nitrogen and oxygen atoms in total. The van der Waals surface area contributed by atoms with Crippen molar-refractivity contribution in [2.24, 2.45) is 40.4 Å². The molecule has 0 spiro atoms. The lowest BCUT2D eigenvalue weighted by atomic mass is 9.44. The lowest BCUT2D eigenvalue weighted by Crippen LogP contribution is -2.58. The van der Waals surface area contributed by atoms with Gasteiger partial charge in [0.2, 0.25) is 0 Å². The van der Waals surface area contributed by atoms with Crippen molar-refractivity contribution in [2.75, 3.05) is 0 Å². The van der Waals surface area contributed by atoms with Gasteiger partial charge in [0.05, 0.1) is 6.10 Å². The molecule has 0 amide bonds. The van der Waals surface area contributed by atoms with Gasteiger partial charge < -0.3 is 9.90 Å². The van der Waals surface area contributed by atoms with Crippen molar-refractivity contribution in [3.05, 3.63) is 0 Å². The van der Waals surface area contributed by atoms with Gasteiger partial charge in [-0.05, 0) is 98.2 Å². The molecular formula is C23H38O2. The van der Waals surface area contributed by atoms with Crippen LogP contribution in [0.5, 0.6) is 0 Å². The van der Waals surface area contributed by atoms with E-state index in [1.54, 1.807) is 0 Å². The van der Waals surface area contributed by atoms with Crippen LogP contribution in [0.3, 0.4) is 0 Å². The quantitative estimate of drug-likeness (QED) is 0.548. The summed E-state index contributed by atoms with van der Waals surface area (Å²) in [5.41, 5.74) is 0.721. The van der Waals surface area contributed by atoms with Gasteiger partial charge in [-0.2, -0.15) is 0 Å². The Kier molecular flexibility index (Phi) is 4.80. The maximum atomic E-state index is 11.4. The van der Waals surface area contributed by atoms with E-state index in [9.17, 15) is 9.90 Å². The third-order valence-corrected chi connectivity index (χ3v) is 9.58. The number of hydrogen-bond acceptors (Lipinski definition) is 2. The summed E-state index contributed by atoms with van der Waals surface area (Å²) >= 11 is 0. The summed E-state index contributed by atoms with van der Waals surface area (Å²) in [6.45, 7) is 5.03. The molecule has 8 unspecified atom stereocenters. The molecule has 0 aromatic heterocycles. The molecule has 0 heterocycles. The Balaban J connectivity index is 1.57. The molecule has 0 aromatic carbocycles. The summed E-state index contributed by atoms with van der Waals surface area (Å²) < 4.78 is 0. The first-order valence-corrected chi connectivity index (χ1v) is 11.1. The molecule has 4 aliphatic rings. The molecule has 0 aromatic rings. The Morgan fingerprint density at radius 1 is 1.04 bits per heavy atom. The van der Waals surface area contributed by atoms with E-state index in [4.69, 9.17) is 0 Å². The fourth-order valence-corrected chi connectivity index (χ4v) is 8.45. The Labute approximate surface area is 154 Å². The normalized spacial score (nSPS) is 52.1. The third kappa shape index (κ3) is 2.73. The zero-order chi connectivity index (χ0) is 17.7. The van der Waals surface area contributed by atoms with Crippen molar-refractivity contribution in [1.82, 2.24) is 0 Å². The predicted molar refractivity (Wildman–Crippen MR) is 101 cm³/mol. The van der Waals surface area contributed by atoms with E-state index in [1.807, 2.05) is 0 Å². The number of fused-ring (bicyclic) bond motifs is 5. The number of aldehydes is 1. The van der Waals surface area contributed by atoms with Crippen LogP contribution in [0.15, 0.2) is 0 Å². The maximum absolute atomic E-state index is 11.4. The highest BCUT2D eigenvalue weighted by atomic mass is 16.3. The third-order valence-electron chi connectivity index (χ3n) is 9.58. The SMILES string of the molecule is CC12CC(O)C3C(CCC4CCCCC43C)C1CCC2CCCC=O. The van der Waals surface area contributed by atoms with Crippen LogP contribution >= 0.6 is 0 Å². The standard InChI is InChI=1S/C23H38O2/c1-22-13-5-3-7-16(22)9-11-18-19-12-10-17(8-4-6-14-24)23(19,2)15-20(25)21(18)22/h14,16-21,25H,3-13,15H2,1-2H3. The first-order chi connectivity index (χ1) is 12.0. The van der Waals surface area contributed by atoms with Crippen LogP contribution in [0.1, 0.15) is 90.9 Å². The number of aliphatic hydroxyl groups excluding tert-OH is 1. The van der Waals surface area contributed by atoms with Crippen molar-refractivity contribution in [3.63, 3.8) is 0 Å². The van der Waals surface area contributed by atoms with Crippen LogP contribution in [0.4, 0.5) is 0 Å². The van der Waals surface area contributed by atoms with Gasteiger partial charge in [-0.1, -0.05) is 26.7 Å². The monoisotopic (exact) mass is 346 g/mol. The molecule has 2 heteroatoms. The van der Waals surface area contributed by atoms with E-state index in [0.29, 0.717) is 23.2 Å². The average molecular weight is 347 g/mol. The minimum Gasteiger partial charge on any atom is -0.393 e. The molecule has 4 fully saturated rings. The van der Waals surface area contributed by atoms with Gasteiger partial charge in [-0.25, -0.2) is 0 Å². The van der Waals surface area contributed by atoms with Crippen molar-refractivity contribution in [3.8, 4) is 0 Å². The second-order valence-corrected chi connectivity index (χ2v) is 10.5. The van der Waals surface area contributed by atoms with Gasteiger partial charge >= 0.3 is 0 Å². The number of carbonyl (C=O) groups is 1. The number of unbranched alkanes of at least 4 members (excludes halogenated alkanes) is 1. The van der Waals surface area contributed by atoms with Gasteiger partial charge in [-0.3, -0.25) is 0 Å². The molecular weight excluding hydrogens is 308 g/mol. The molecule has 8 atom stereocenters. The fourth-order valence-electron chi connectivity index (χ4n) is 8.45. The van der Waals surface area contributed by atoms with E-state index in [2.05, 4.69) is 13.8 Å². The summed E-state index contributed by atoms with van der Waals surface area (Å²) in [6.07, 6.45) is 16.0. The van der Waals surface area contributed by atoms with Crippen molar-refractivity contribution >= 4 is 6.29 Å². The first-order valence-electron chi connectivity index (χ1n) is 11.1. The Morgan fingerprint density at radius 2 is 1.88 bits per heavy atom. The zero-order valence-corrected chi connectivity index (χ0v) is 16.4. The molecule has 0 aliphatic heterocycles. The van der Waals surface area contributed by atoms with Gasteiger partial charge in [0.1, 0.15) is 6.29 Å². The van der Waals surface area contributed by atoms with E-state index in [-0.39, 0.29) is 6.10 Å². The highest BCUT2D eigenvalue weighted by Crippen LogP contribution is 2.67. The topological polar surface area (TPSA) is 37.3 Å². The maximum Gasteiger partial charge on any atom is 0.119 e. The van der Waals surface area contributed by atoms with Crippen molar-refractivity contribution in [2.45, 2.75) is 97.0 Å². The molecule has 4 aliphatic carbocycles. The molecule has 1 N–H and O–H groups in total. The summed E-state index contributed by atoms with van der Waals surface area (Å²) in [5, 5.41) is 11.4. The summed E-state index contributed by atoms with van der Waals surface area (Å²) in [7, 11) is 0. The molecule has 4 rings (SSSR count). The van der Waals surface area contributed by atoms with E-state index in [0.717, 1.165) is 42.8 Å². The van der Waals surface area contributed by atoms with Gasteiger partial charge in [0, 0.05) is 6.42 Å².